The van der Waals surface area contributed by atoms with Crippen molar-refractivity contribution in [3.05, 3.63) is 48.0 Å². The molecule has 0 spiro atoms. The number of para-hydroxylation sites is 1. The summed E-state index contributed by atoms with van der Waals surface area (Å²) in [5.74, 6) is 1.01. The summed E-state index contributed by atoms with van der Waals surface area (Å²) < 4.78 is 2.37. The monoisotopic (exact) mass is 332 g/mol. The molecule has 1 aromatic heterocycles. The molecule has 0 atom stereocenters. The van der Waals surface area contributed by atoms with E-state index in [-0.39, 0.29) is 0 Å². The number of nitrogens with one attached hydrogen (secondary N) is 1. The van der Waals surface area contributed by atoms with Crippen LogP contribution in [0.1, 0.15) is 38.2 Å². The highest BCUT2D eigenvalue weighted by Gasteiger charge is 2.09. The van der Waals surface area contributed by atoms with Crippen LogP contribution in [-0.2, 0) is 6.54 Å². The Morgan fingerprint density at radius 1 is 1.08 bits per heavy atom. The molecule has 1 aliphatic rings. The highest BCUT2D eigenvalue weighted by molar-refractivity contribution is 6.09. The minimum atomic E-state index is 0.917. The average Bonchev–Trinajstić information content (AvgIpc) is 2.78. The van der Waals surface area contributed by atoms with Crippen LogP contribution in [0.2, 0.25) is 0 Å². The standard InChI is InChI=1S/C21H24N4/c1-2-25-19-9-6-5-8-17(19)18-14-16(11-12-20(18)25)15-23-24-21-10-4-3-7-13-22-21/h5-6,8-9,11-12,14-15H,2-4,7,10,13H2,1H3,(H,22,24). The smallest absolute Gasteiger partial charge is 0.117 e. The zero-order valence-corrected chi connectivity index (χ0v) is 14.7. The van der Waals surface area contributed by atoms with E-state index in [0.717, 1.165) is 30.9 Å². The number of amidine groups is 1. The lowest BCUT2D eigenvalue weighted by atomic mass is 10.1. The molecule has 1 N–H and O–H groups in total. The summed E-state index contributed by atoms with van der Waals surface area (Å²) in [6.07, 6.45) is 6.54. The fourth-order valence-corrected chi connectivity index (χ4v) is 3.64. The third kappa shape index (κ3) is 3.16. The van der Waals surface area contributed by atoms with Gasteiger partial charge in [0.2, 0.25) is 0 Å². The summed E-state index contributed by atoms with van der Waals surface area (Å²) in [4.78, 5) is 4.55. The van der Waals surface area contributed by atoms with Crippen LogP contribution in [0, 0.1) is 0 Å². The number of fused-ring (bicyclic) bond motifs is 3. The maximum atomic E-state index is 4.55. The second-order valence-electron chi connectivity index (χ2n) is 6.55. The second-order valence-corrected chi connectivity index (χ2v) is 6.55. The van der Waals surface area contributed by atoms with Crippen LogP contribution in [0.3, 0.4) is 0 Å². The quantitative estimate of drug-likeness (QED) is 0.548. The summed E-state index contributed by atoms with van der Waals surface area (Å²) >= 11 is 0. The average molecular weight is 332 g/mol. The van der Waals surface area contributed by atoms with Crippen molar-refractivity contribution in [2.75, 3.05) is 6.54 Å². The number of hydrogen-bond acceptors (Lipinski definition) is 3. The fraction of sp³-hybridized carbons (Fsp3) is 0.333. The molecule has 0 radical (unpaired) electrons. The van der Waals surface area contributed by atoms with E-state index in [9.17, 15) is 0 Å². The van der Waals surface area contributed by atoms with Crippen molar-refractivity contribution < 1.29 is 0 Å². The largest absolute Gasteiger partial charge is 0.341 e. The predicted octanol–water partition coefficient (Wildman–Crippen LogP) is 4.71. The van der Waals surface area contributed by atoms with Crippen LogP contribution in [0.15, 0.2) is 52.6 Å². The topological polar surface area (TPSA) is 41.7 Å². The van der Waals surface area contributed by atoms with Gasteiger partial charge in [0.25, 0.3) is 0 Å². The maximum Gasteiger partial charge on any atom is 0.117 e. The maximum absolute atomic E-state index is 4.55. The third-order valence-corrected chi connectivity index (χ3v) is 4.89. The molecule has 3 aromatic rings. The summed E-state index contributed by atoms with van der Waals surface area (Å²) in [6.45, 7) is 4.08. The molecule has 2 heterocycles. The number of benzene rings is 2. The van der Waals surface area contributed by atoms with Crippen LogP contribution < -0.4 is 5.43 Å². The Hall–Kier alpha value is -2.62. The Morgan fingerprint density at radius 2 is 1.96 bits per heavy atom. The Balaban J connectivity index is 1.64. The highest BCUT2D eigenvalue weighted by Crippen LogP contribution is 2.29. The predicted molar refractivity (Wildman–Crippen MR) is 107 cm³/mol. The number of hydrogen-bond donors (Lipinski definition) is 1. The first-order chi connectivity index (χ1) is 12.4. The Labute approximate surface area is 148 Å². The van der Waals surface area contributed by atoms with Gasteiger partial charge in [-0.15, -0.1) is 0 Å². The van der Waals surface area contributed by atoms with E-state index in [2.05, 4.69) is 69.5 Å². The molecule has 0 unspecified atom stereocenters. The first-order valence-corrected chi connectivity index (χ1v) is 9.20. The third-order valence-electron chi connectivity index (χ3n) is 4.89. The normalized spacial score (nSPS) is 15.6. The molecule has 0 fully saturated rings. The lowest BCUT2D eigenvalue weighted by molar-refractivity contribution is 0.729. The molecule has 128 valence electrons. The van der Waals surface area contributed by atoms with E-state index in [1.807, 2.05) is 6.21 Å². The van der Waals surface area contributed by atoms with Gasteiger partial charge in [-0.3, -0.25) is 10.4 Å². The number of hydrazone groups is 1. The summed E-state index contributed by atoms with van der Waals surface area (Å²) in [5, 5.41) is 7.00. The van der Waals surface area contributed by atoms with Gasteiger partial charge in [-0.25, -0.2) is 0 Å². The lowest BCUT2D eigenvalue weighted by Crippen LogP contribution is -2.17. The van der Waals surface area contributed by atoms with Crippen LogP contribution in [-0.4, -0.2) is 23.2 Å². The molecule has 0 saturated heterocycles. The Kier molecular flexibility index (Phi) is 4.51. The highest BCUT2D eigenvalue weighted by atomic mass is 15.3. The van der Waals surface area contributed by atoms with E-state index in [1.165, 1.54) is 41.1 Å². The Bertz CT molecular complexity index is 949. The van der Waals surface area contributed by atoms with Crippen molar-refractivity contribution >= 4 is 33.9 Å². The van der Waals surface area contributed by atoms with Crippen LogP contribution in [0.4, 0.5) is 0 Å². The van der Waals surface area contributed by atoms with E-state index in [4.69, 9.17) is 0 Å². The van der Waals surface area contributed by atoms with Gasteiger partial charge in [-0.1, -0.05) is 30.7 Å². The molecule has 1 aliphatic heterocycles. The van der Waals surface area contributed by atoms with Crippen molar-refractivity contribution in [3.8, 4) is 0 Å². The van der Waals surface area contributed by atoms with Gasteiger partial charge in [0.05, 0.1) is 6.21 Å². The number of aromatic nitrogens is 1. The van der Waals surface area contributed by atoms with Gasteiger partial charge in [0, 0.05) is 41.3 Å². The number of rotatable bonds is 3. The molecule has 4 nitrogen and oxygen atoms in total. The van der Waals surface area contributed by atoms with E-state index >= 15 is 0 Å². The van der Waals surface area contributed by atoms with Crippen molar-refractivity contribution in [1.29, 1.82) is 0 Å². The first kappa shape index (κ1) is 15.9. The molecule has 0 bridgehead atoms. The van der Waals surface area contributed by atoms with Gasteiger partial charge in [0.15, 0.2) is 0 Å². The van der Waals surface area contributed by atoms with Crippen LogP contribution in [0.5, 0.6) is 0 Å². The fourth-order valence-electron chi connectivity index (χ4n) is 3.64. The summed E-state index contributed by atoms with van der Waals surface area (Å²) in [5.41, 5.74) is 6.80. The molecule has 25 heavy (non-hydrogen) atoms. The zero-order chi connectivity index (χ0) is 17.1. The second kappa shape index (κ2) is 7.09. The molecule has 2 aromatic carbocycles. The Morgan fingerprint density at radius 3 is 2.88 bits per heavy atom. The van der Waals surface area contributed by atoms with Crippen molar-refractivity contribution in [2.45, 2.75) is 39.2 Å². The molecular weight excluding hydrogens is 308 g/mol. The van der Waals surface area contributed by atoms with Gasteiger partial charge >= 0.3 is 0 Å². The SMILES string of the molecule is CCn1c2ccccc2c2cc(C=NNC3=NCCCCC3)ccc21. The first-order valence-electron chi connectivity index (χ1n) is 9.20. The molecular formula is C21H24N4. The molecule has 0 amide bonds. The van der Waals surface area contributed by atoms with Crippen molar-refractivity contribution in [3.63, 3.8) is 0 Å². The minimum absolute atomic E-state index is 0.917. The molecule has 0 aliphatic carbocycles. The molecule has 4 rings (SSSR count). The minimum Gasteiger partial charge on any atom is -0.341 e. The summed E-state index contributed by atoms with van der Waals surface area (Å²) in [7, 11) is 0. The van der Waals surface area contributed by atoms with E-state index in [1.54, 1.807) is 0 Å². The zero-order valence-electron chi connectivity index (χ0n) is 14.7. The van der Waals surface area contributed by atoms with Crippen molar-refractivity contribution in [1.82, 2.24) is 9.99 Å². The summed E-state index contributed by atoms with van der Waals surface area (Å²) in [6, 6.07) is 15.2. The van der Waals surface area contributed by atoms with Crippen LogP contribution >= 0.6 is 0 Å². The van der Waals surface area contributed by atoms with Gasteiger partial charge in [-0.2, -0.15) is 5.10 Å². The molecule has 4 heteroatoms. The van der Waals surface area contributed by atoms with E-state index in [0.29, 0.717) is 0 Å². The number of aliphatic imine (C=N–C) groups is 1. The number of aryl methyl sites for hydroxylation is 1. The van der Waals surface area contributed by atoms with Crippen molar-refractivity contribution in [2.24, 2.45) is 10.1 Å². The van der Waals surface area contributed by atoms with Gasteiger partial charge < -0.3 is 4.57 Å². The lowest BCUT2D eigenvalue weighted by Gasteiger charge is -2.03. The van der Waals surface area contributed by atoms with Crippen LogP contribution in [0.25, 0.3) is 21.8 Å². The molecule has 0 saturated carbocycles. The van der Waals surface area contributed by atoms with Gasteiger partial charge in [-0.05, 0) is 43.5 Å². The van der Waals surface area contributed by atoms with E-state index < -0.39 is 0 Å². The van der Waals surface area contributed by atoms with Gasteiger partial charge in [0.1, 0.15) is 5.84 Å². The number of nitrogens with zero attached hydrogens (tertiary/aromatic N) is 3.